The van der Waals surface area contributed by atoms with Crippen LogP contribution in [0.3, 0.4) is 0 Å². The van der Waals surface area contributed by atoms with Gasteiger partial charge in [-0.05, 0) is 58.4 Å². The number of rotatable bonds is 3. The van der Waals surface area contributed by atoms with Gasteiger partial charge in [-0.3, -0.25) is 4.90 Å². The van der Waals surface area contributed by atoms with Crippen molar-refractivity contribution in [3.05, 3.63) is 57.7 Å². The van der Waals surface area contributed by atoms with Crippen LogP contribution >= 0.6 is 15.9 Å². The molecule has 2 heterocycles. The SMILES string of the molecule is CN1Cc2ccc(Nc3ncc4cc(C(F)F)cc(Br)c4n3)cc2C1. The van der Waals surface area contributed by atoms with E-state index in [4.69, 9.17) is 0 Å². The van der Waals surface area contributed by atoms with Gasteiger partial charge in [0.25, 0.3) is 6.43 Å². The number of hydrogen-bond acceptors (Lipinski definition) is 4. The molecule has 1 aromatic heterocycles. The van der Waals surface area contributed by atoms with E-state index in [2.05, 4.69) is 55.3 Å². The Bertz CT molecular complexity index is 961. The molecule has 0 radical (unpaired) electrons. The first kappa shape index (κ1) is 16.4. The van der Waals surface area contributed by atoms with Crippen LogP contribution in [0.1, 0.15) is 23.1 Å². The molecular weight excluding hydrogens is 390 g/mol. The maximum atomic E-state index is 12.9. The van der Waals surface area contributed by atoms with Gasteiger partial charge in [-0.15, -0.1) is 0 Å². The summed E-state index contributed by atoms with van der Waals surface area (Å²) in [6.45, 7) is 1.88. The summed E-state index contributed by atoms with van der Waals surface area (Å²) in [5.74, 6) is 0.435. The lowest BCUT2D eigenvalue weighted by Gasteiger charge is -2.09. The van der Waals surface area contributed by atoms with E-state index in [-0.39, 0.29) is 5.56 Å². The molecule has 4 rings (SSSR count). The zero-order valence-electron chi connectivity index (χ0n) is 13.4. The lowest BCUT2D eigenvalue weighted by atomic mass is 10.1. The van der Waals surface area contributed by atoms with Crippen molar-refractivity contribution in [1.29, 1.82) is 0 Å². The Morgan fingerprint density at radius 3 is 2.76 bits per heavy atom. The van der Waals surface area contributed by atoms with Gasteiger partial charge in [0.2, 0.25) is 5.95 Å². The maximum absolute atomic E-state index is 12.9. The van der Waals surface area contributed by atoms with E-state index < -0.39 is 6.43 Å². The molecule has 0 spiro atoms. The molecule has 0 amide bonds. The Balaban J connectivity index is 1.65. The third-order valence-electron chi connectivity index (χ3n) is 4.25. The predicted molar refractivity (Wildman–Crippen MR) is 97.1 cm³/mol. The molecule has 3 aromatic rings. The van der Waals surface area contributed by atoms with Crippen molar-refractivity contribution >= 4 is 38.5 Å². The highest BCUT2D eigenvalue weighted by Crippen LogP contribution is 2.30. The number of nitrogens with zero attached hydrogens (tertiary/aromatic N) is 3. The monoisotopic (exact) mass is 404 g/mol. The molecular formula is C18H15BrF2N4. The third-order valence-corrected chi connectivity index (χ3v) is 4.86. The number of alkyl halides is 2. The minimum atomic E-state index is -2.52. The summed E-state index contributed by atoms with van der Waals surface area (Å²) < 4.78 is 26.3. The van der Waals surface area contributed by atoms with E-state index in [0.29, 0.717) is 21.3 Å². The van der Waals surface area contributed by atoms with Crippen LogP contribution in [0.2, 0.25) is 0 Å². The minimum Gasteiger partial charge on any atom is -0.324 e. The summed E-state index contributed by atoms with van der Waals surface area (Å²) in [6.07, 6.45) is -0.967. The lowest BCUT2D eigenvalue weighted by Crippen LogP contribution is -2.07. The van der Waals surface area contributed by atoms with Crippen LogP contribution in [0.25, 0.3) is 10.9 Å². The molecule has 1 aliphatic rings. The van der Waals surface area contributed by atoms with Crippen molar-refractivity contribution in [2.24, 2.45) is 0 Å². The summed E-state index contributed by atoms with van der Waals surface area (Å²) in [5.41, 5.74) is 4.08. The minimum absolute atomic E-state index is 0.0496. The Morgan fingerprint density at radius 2 is 1.96 bits per heavy atom. The van der Waals surface area contributed by atoms with Crippen LogP contribution in [-0.2, 0) is 13.1 Å². The highest BCUT2D eigenvalue weighted by molar-refractivity contribution is 9.10. The molecule has 25 heavy (non-hydrogen) atoms. The first-order chi connectivity index (χ1) is 12.0. The van der Waals surface area contributed by atoms with Crippen LogP contribution in [-0.4, -0.2) is 21.9 Å². The fourth-order valence-electron chi connectivity index (χ4n) is 3.08. The molecule has 1 N–H and O–H groups in total. The molecule has 0 aliphatic carbocycles. The largest absolute Gasteiger partial charge is 0.324 e. The van der Waals surface area contributed by atoms with Gasteiger partial charge < -0.3 is 5.32 Å². The highest BCUT2D eigenvalue weighted by Gasteiger charge is 2.16. The van der Waals surface area contributed by atoms with Crippen LogP contribution in [0.5, 0.6) is 0 Å². The van der Waals surface area contributed by atoms with Crippen LogP contribution < -0.4 is 5.32 Å². The molecule has 7 heteroatoms. The average molecular weight is 405 g/mol. The zero-order valence-corrected chi connectivity index (χ0v) is 15.0. The normalized spacial score (nSPS) is 14.3. The first-order valence-corrected chi connectivity index (χ1v) is 8.60. The summed E-state index contributed by atoms with van der Waals surface area (Å²) >= 11 is 3.33. The topological polar surface area (TPSA) is 41.0 Å². The Hall–Kier alpha value is -2.12. The van der Waals surface area contributed by atoms with E-state index in [9.17, 15) is 8.78 Å². The lowest BCUT2D eigenvalue weighted by molar-refractivity contribution is 0.151. The number of fused-ring (bicyclic) bond motifs is 2. The molecule has 0 saturated carbocycles. The molecule has 0 unspecified atom stereocenters. The van der Waals surface area contributed by atoms with Crippen molar-refractivity contribution < 1.29 is 8.78 Å². The maximum Gasteiger partial charge on any atom is 0.263 e. The van der Waals surface area contributed by atoms with Crippen molar-refractivity contribution in [2.75, 3.05) is 12.4 Å². The van der Waals surface area contributed by atoms with E-state index in [1.165, 1.54) is 23.3 Å². The van der Waals surface area contributed by atoms with Crippen molar-refractivity contribution in [3.63, 3.8) is 0 Å². The van der Waals surface area contributed by atoms with Crippen LogP contribution in [0, 0.1) is 0 Å². The van der Waals surface area contributed by atoms with E-state index >= 15 is 0 Å². The first-order valence-electron chi connectivity index (χ1n) is 7.81. The van der Waals surface area contributed by atoms with Gasteiger partial charge in [0.1, 0.15) is 0 Å². The summed E-state index contributed by atoms with van der Waals surface area (Å²) in [5, 5.41) is 3.77. The Kier molecular flexibility index (Phi) is 4.13. The van der Waals surface area contributed by atoms with Crippen LogP contribution in [0.15, 0.2) is 41.0 Å². The zero-order chi connectivity index (χ0) is 17.6. The number of aromatic nitrogens is 2. The summed E-state index contributed by atoms with van der Waals surface area (Å²) in [6, 6.07) is 9.02. The van der Waals surface area contributed by atoms with Gasteiger partial charge in [-0.25, -0.2) is 18.7 Å². The summed E-state index contributed by atoms with van der Waals surface area (Å²) in [4.78, 5) is 11.0. The molecule has 2 aromatic carbocycles. The molecule has 1 aliphatic heterocycles. The van der Waals surface area contributed by atoms with E-state index in [0.717, 1.165) is 18.8 Å². The smallest absolute Gasteiger partial charge is 0.263 e. The number of nitrogens with one attached hydrogen (secondary N) is 1. The number of anilines is 2. The molecule has 0 saturated heterocycles. The van der Waals surface area contributed by atoms with Gasteiger partial charge in [0.15, 0.2) is 0 Å². The standard InChI is InChI=1S/C18H15BrF2N4/c1-25-8-10-2-3-14(5-13(10)9-25)23-18-22-7-12-4-11(17(20)21)6-15(19)16(12)24-18/h2-7,17H,8-9H2,1H3,(H,22,23,24). The average Bonchev–Trinajstić information content (AvgIpc) is 2.94. The highest BCUT2D eigenvalue weighted by atomic mass is 79.9. The fraction of sp³-hybridized carbons (Fsp3) is 0.222. The predicted octanol–water partition coefficient (Wildman–Crippen LogP) is 5.02. The van der Waals surface area contributed by atoms with Crippen LogP contribution in [0.4, 0.5) is 20.4 Å². The second-order valence-corrected chi connectivity index (χ2v) is 7.07. The Morgan fingerprint density at radius 1 is 1.16 bits per heavy atom. The van der Waals surface area contributed by atoms with Gasteiger partial charge in [0.05, 0.1) is 5.52 Å². The Labute approximate surface area is 152 Å². The van der Waals surface area contributed by atoms with Crippen molar-refractivity contribution in [1.82, 2.24) is 14.9 Å². The van der Waals surface area contributed by atoms with Gasteiger partial charge in [0, 0.05) is 40.4 Å². The van der Waals surface area contributed by atoms with Crippen molar-refractivity contribution in [2.45, 2.75) is 19.5 Å². The molecule has 128 valence electrons. The fourth-order valence-corrected chi connectivity index (χ4v) is 3.66. The molecule has 0 bridgehead atoms. The van der Waals surface area contributed by atoms with Crippen molar-refractivity contribution in [3.8, 4) is 0 Å². The van der Waals surface area contributed by atoms with Gasteiger partial charge in [-0.1, -0.05) is 6.07 Å². The molecule has 4 nitrogen and oxygen atoms in total. The van der Waals surface area contributed by atoms with E-state index in [1.54, 1.807) is 6.20 Å². The third kappa shape index (κ3) is 3.21. The second kappa shape index (κ2) is 6.31. The van der Waals surface area contributed by atoms with Gasteiger partial charge in [-0.2, -0.15) is 0 Å². The van der Waals surface area contributed by atoms with E-state index in [1.807, 2.05) is 6.07 Å². The molecule has 0 atom stereocenters. The summed E-state index contributed by atoms with van der Waals surface area (Å²) in [7, 11) is 2.09. The molecule has 0 fully saturated rings. The quantitative estimate of drug-likeness (QED) is 0.665. The number of hydrogen-bond donors (Lipinski definition) is 1. The second-order valence-electron chi connectivity index (χ2n) is 6.22. The van der Waals surface area contributed by atoms with Gasteiger partial charge >= 0.3 is 0 Å². The number of benzene rings is 2. The number of halogens is 3.